The van der Waals surface area contributed by atoms with Gasteiger partial charge in [-0.05, 0) is 11.1 Å². The van der Waals surface area contributed by atoms with Gasteiger partial charge in [0.2, 0.25) is 0 Å². The summed E-state index contributed by atoms with van der Waals surface area (Å²) in [4.78, 5) is 0. The Kier molecular flexibility index (Phi) is 4.68. The molecule has 0 aromatic heterocycles. The lowest BCUT2D eigenvalue weighted by atomic mass is 9.74. The van der Waals surface area contributed by atoms with Gasteiger partial charge in [-0.1, -0.05) is 38.1 Å². The SMILES string of the molecule is C[C@H]1c2ccccc2[C@H](C)[C@@H](OS(C)(=O)=O)[C@@H]1OS(C)(=O)=O. The van der Waals surface area contributed by atoms with Crippen molar-refractivity contribution in [2.45, 2.75) is 37.9 Å². The monoisotopic (exact) mass is 348 g/mol. The van der Waals surface area contributed by atoms with Crippen LogP contribution in [0.5, 0.6) is 0 Å². The molecule has 0 fully saturated rings. The molecule has 0 radical (unpaired) electrons. The summed E-state index contributed by atoms with van der Waals surface area (Å²) in [6.45, 7) is 3.61. The van der Waals surface area contributed by atoms with Crippen molar-refractivity contribution >= 4 is 20.2 Å². The molecule has 0 N–H and O–H groups in total. The molecule has 4 atom stereocenters. The minimum absolute atomic E-state index is 0.311. The van der Waals surface area contributed by atoms with Gasteiger partial charge in [-0.3, -0.25) is 8.37 Å². The molecule has 8 heteroatoms. The summed E-state index contributed by atoms with van der Waals surface area (Å²) in [6, 6.07) is 7.51. The van der Waals surface area contributed by atoms with Crippen molar-refractivity contribution in [3.05, 3.63) is 35.4 Å². The van der Waals surface area contributed by atoms with Crippen molar-refractivity contribution < 1.29 is 25.2 Å². The third-order valence-electron chi connectivity index (χ3n) is 3.86. The summed E-state index contributed by atoms with van der Waals surface area (Å²) in [5.41, 5.74) is 1.88. The third-order valence-corrected chi connectivity index (χ3v) is 5.00. The average Bonchev–Trinajstić information content (AvgIpc) is 2.37. The quantitative estimate of drug-likeness (QED) is 0.768. The zero-order chi connectivity index (χ0) is 16.7. The average molecular weight is 348 g/mol. The number of fused-ring (bicyclic) bond motifs is 1. The van der Waals surface area contributed by atoms with Gasteiger partial charge in [-0.2, -0.15) is 16.8 Å². The van der Waals surface area contributed by atoms with Crippen LogP contribution in [0.3, 0.4) is 0 Å². The third kappa shape index (κ3) is 3.87. The van der Waals surface area contributed by atoms with Crippen molar-refractivity contribution in [2.75, 3.05) is 12.5 Å². The van der Waals surface area contributed by atoms with E-state index in [1.165, 1.54) is 0 Å². The van der Waals surface area contributed by atoms with Gasteiger partial charge in [-0.15, -0.1) is 0 Å². The van der Waals surface area contributed by atoms with Crippen molar-refractivity contribution in [3.8, 4) is 0 Å². The van der Waals surface area contributed by atoms with E-state index < -0.39 is 32.4 Å². The van der Waals surface area contributed by atoms with Gasteiger partial charge in [-0.25, -0.2) is 0 Å². The first-order valence-electron chi connectivity index (χ1n) is 6.85. The van der Waals surface area contributed by atoms with Gasteiger partial charge in [0.1, 0.15) is 12.2 Å². The summed E-state index contributed by atoms with van der Waals surface area (Å²) in [5.74, 6) is -0.622. The Labute approximate surface area is 131 Å². The zero-order valence-corrected chi connectivity index (χ0v) is 14.5. The summed E-state index contributed by atoms with van der Waals surface area (Å²) >= 11 is 0. The number of rotatable bonds is 4. The number of hydrogen-bond acceptors (Lipinski definition) is 6. The molecule has 0 bridgehead atoms. The van der Waals surface area contributed by atoms with E-state index in [1.54, 1.807) is 13.8 Å². The maximum Gasteiger partial charge on any atom is 0.264 e. The Morgan fingerprint density at radius 1 is 0.773 bits per heavy atom. The standard InChI is InChI=1S/C14H20O6S2/c1-9-11-7-5-6-8-12(11)10(2)14(20-22(4,17)18)13(9)19-21(3,15)16/h5-10,13-14H,1-4H3/t9-,10-,13+,14+/m0/s1. The Balaban J connectivity index is 2.52. The van der Waals surface area contributed by atoms with Crippen LogP contribution in [0, 0.1) is 0 Å². The predicted octanol–water partition coefficient (Wildman–Crippen LogP) is 1.60. The fourth-order valence-electron chi connectivity index (χ4n) is 2.94. The number of hydrogen-bond donors (Lipinski definition) is 0. The fraction of sp³-hybridized carbons (Fsp3) is 0.571. The molecule has 0 amide bonds. The largest absolute Gasteiger partial charge is 0.264 e. The van der Waals surface area contributed by atoms with Crippen molar-refractivity contribution in [3.63, 3.8) is 0 Å². The maximum atomic E-state index is 11.5. The van der Waals surface area contributed by atoms with E-state index in [4.69, 9.17) is 8.37 Å². The van der Waals surface area contributed by atoms with Gasteiger partial charge in [0.15, 0.2) is 0 Å². The van der Waals surface area contributed by atoms with Crippen LogP contribution in [-0.2, 0) is 28.6 Å². The smallest absolute Gasteiger partial charge is 0.264 e. The van der Waals surface area contributed by atoms with Crippen LogP contribution in [0.15, 0.2) is 24.3 Å². The van der Waals surface area contributed by atoms with Gasteiger partial charge in [0, 0.05) is 11.8 Å². The molecule has 1 aromatic carbocycles. The maximum absolute atomic E-state index is 11.5. The first-order chi connectivity index (χ1) is 9.99. The van der Waals surface area contributed by atoms with Crippen LogP contribution in [-0.4, -0.2) is 41.6 Å². The van der Waals surface area contributed by atoms with Crippen LogP contribution < -0.4 is 0 Å². The molecule has 124 valence electrons. The van der Waals surface area contributed by atoms with Crippen LogP contribution in [0.25, 0.3) is 0 Å². The predicted molar refractivity (Wildman–Crippen MR) is 82.7 cm³/mol. The molecular formula is C14H20O6S2. The van der Waals surface area contributed by atoms with Crippen LogP contribution in [0.1, 0.15) is 36.8 Å². The summed E-state index contributed by atoms with van der Waals surface area (Å²) < 4.78 is 56.5. The molecular weight excluding hydrogens is 328 g/mol. The lowest BCUT2D eigenvalue weighted by Gasteiger charge is -2.40. The highest BCUT2D eigenvalue weighted by Gasteiger charge is 2.43. The highest BCUT2D eigenvalue weighted by atomic mass is 32.2. The Morgan fingerprint density at radius 3 is 1.36 bits per heavy atom. The van der Waals surface area contributed by atoms with E-state index in [0.29, 0.717) is 0 Å². The van der Waals surface area contributed by atoms with E-state index in [9.17, 15) is 16.8 Å². The Bertz CT molecular complexity index is 688. The fourth-order valence-corrected chi connectivity index (χ4v) is 4.30. The van der Waals surface area contributed by atoms with E-state index in [0.717, 1.165) is 23.6 Å². The topological polar surface area (TPSA) is 86.7 Å². The molecule has 0 unspecified atom stereocenters. The molecule has 6 nitrogen and oxygen atoms in total. The lowest BCUT2D eigenvalue weighted by molar-refractivity contribution is 0.0261. The lowest BCUT2D eigenvalue weighted by Crippen LogP contribution is -2.45. The van der Waals surface area contributed by atoms with Crippen molar-refractivity contribution in [1.82, 2.24) is 0 Å². The van der Waals surface area contributed by atoms with Crippen LogP contribution >= 0.6 is 0 Å². The summed E-state index contributed by atoms with van der Waals surface area (Å²) in [7, 11) is -7.49. The molecule has 2 rings (SSSR count). The van der Waals surface area contributed by atoms with Gasteiger partial charge in [0.05, 0.1) is 12.5 Å². The van der Waals surface area contributed by atoms with E-state index in [1.807, 2.05) is 24.3 Å². The van der Waals surface area contributed by atoms with Crippen molar-refractivity contribution in [1.29, 1.82) is 0 Å². The molecule has 0 spiro atoms. The molecule has 0 saturated heterocycles. The highest BCUT2D eigenvalue weighted by Crippen LogP contribution is 2.42. The zero-order valence-electron chi connectivity index (χ0n) is 12.9. The molecule has 0 heterocycles. The van der Waals surface area contributed by atoms with E-state index in [2.05, 4.69) is 0 Å². The van der Waals surface area contributed by atoms with Gasteiger partial charge >= 0.3 is 0 Å². The molecule has 1 aromatic rings. The Morgan fingerprint density at radius 2 is 1.09 bits per heavy atom. The van der Waals surface area contributed by atoms with Crippen LogP contribution in [0.2, 0.25) is 0 Å². The molecule has 1 aliphatic rings. The van der Waals surface area contributed by atoms with Crippen molar-refractivity contribution in [2.24, 2.45) is 0 Å². The molecule has 0 saturated carbocycles. The Hall–Kier alpha value is -0.960. The normalized spacial score (nSPS) is 29.1. The number of benzene rings is 1. The molecule has 0 aliphatic heterocycles. The second-order valence-corrected chi connectivity index (χ2v) is 8.94. The second kappa shape index (κ2) is 5.92. The second-order valence-electron chi connectivity index (χ2n) is 5.74. The molecule has 1 aliphatic carbocycles. The minimum atomic E-state index is -3.75. The summed E-state index contributed by atoms with van der Waals surface area (Å²) in [6.07, 6.45) is 0.106. The van der Waals surface area contributed by atoms with Crippen LogP contribution in [0.4, 0.5) is 0 Å². The van der Waals surface area contributed by atoms with E-state index >= 15 is 0 Å². The summed E-state index contributed by atoms with van der Waals surface area (Å²) in [5, 5.41) is 0. The van der Waals surface area contributed by atoms with E-state index in [-0.39, 0.29) is 11.8 Å². The minimum Gasteiger partial charge on any atom is -0.264 e. The first-order valence-corrected chi connectivity index (χ1v) is 10.5. The van der Waals surface area contributed by atoms with Gasteiger partial charge < -0.3 is 0 Å². The first kappa shape index (κ1) is 17.4. The highest BCUT2D eigenvalue weighted by molar-refractivity contribution is 7.86. The van der Waals surface area contributed by atoms with Gasteiger partial charge in [0.25, 0.3) is 20.2 Å². The molecule has 22 heavy (non-hydrogen) atoms.